The zero-order chi connectivity index (χ0) is 15.0. The quantitative estimate of drug-likeness (QED) is 0.697. The molecule has 0 aliphatic rings. The van der Waals surface area contributed by atoms with Gasteiger partial charge in [0.1, 0.15) is 0 Å². The summed E-state index contributed by atoms with van der Waals surface area (Å²) in [6, 6.07) is 6.69. The molecular formula is C16H29N3O. The van der Waals surface area contributed by atoms with Crippen molar-refractivity contribution < 1.29 is 4.74 Å². The van der Waals surface area contributed by atoms with Gasteiger partial charge in [0.15, 0.2) is 0 Å². The Hall–Kier alpha value is -1.10. The van der Waals surface area contributed by atoms with Crippen LogP contribution in [0.15, 0.2) is 18.2 Å². The summed E-state index contributed by atoms with van der Waals surface area (Å²) >= 11 is 0. The van der Waals surface area contributed by atoms with Gasteiger partial charge in [-0.3, -0.25) is 0 Å². The van der Waals surface area contributed by atoms with E-state index in [1.54, 1.807) is 7.11 Å². The number of hydrogen-bond donors (Lipinski definition) is 1. The molecule has 4 heteroatoms. The summed E-state index contributed by atoms with van der Waals surface area (Å²) in [7, 11) is 8.09. The van der Waals surface area contributed by atoms with Crippen molar-refractivity contribution in [3.8, 4) is 0 Å². The van der Waals surface area contributed by atoms with E-state index in [9.17, 15) is 0 Å². The summed E-state index contributed by atoms with van der Waals surface area (Å²) in [4.78, 5) is 4.51. The SMILES string of the molecule is COCCNCc1ccc(N(C)CCN(C)C)cc1C. The van der Waals surface area contributed by atoms with E-state index >= 15 is 0 Å². The molecule has 1 aromatic rings. The first-order valence-corrected chi connectivity index (χ1v) is 7.19. The van der Waals surface area contributed by atoms with E-state index in [0.717, 1.165) is 32.8 Å². The van der Waals surface area contributed by atoms with E-state index in [-0.39, 0.29) is 0 Å². The van der Waals surface area contributed by atoms with Gasteiger partial charge >= 0.3 is 0 Å². The van der Waals surface area contributed by atoms with E-state index in [2.05, 4.69) is 61.4 Å². The maximum absolute atomic E-state index is 5.03. The van der Waals surface area contributed by atoms with Gasteiger partial charge in [0, 0.05) is 46.0 Å². The highest BCUT2D eigenvalue weighted by Crippen LogP contribution is 2.18. The Bertz CT molecular complexity index is 393. The van der Waals surface area contributed by atoms with Crippen molar-refractivity contribution in [1.29, 1.82) is 0 Å². The second kappa shape index (κ2) is 8.95. The van der Waals surface area contributed by atoms with Gasteiger partial charge < -0.3 is 19.9 Å². The Kier molecular flexibility index (Phi) is 7.59. The predicted octanol–water partition coefficient (Wildman–Crippen LogP) is 1.73. The Morgan fingerprint density at radius 2 is 1.90 bits per heavy atom. The number of anilines is 1. The zero-order valence-electron chi connectivity index (χ0n) is 13.6. The Balaban J connectivity index is 2.53. The van der Waals surface area contributed by atoms with E-state index in [1.807, 2.05) is 0 Å². The summed E-state index contributed by atoms with van der Waals surface area (Å²) in [5, 5.41) is 3.39. The number of aryl methyl sites for hydroxylation is 1. The Morgan fingerprint density at radius 1 is 1.15 bits per heavy atom. The lowest BCUT2D eigenvalue weighted by Crippen LogP contribution is -2.28. The largest absolute Gasteiger partial charge is 0.383 e. The molecule has 114 valence electrons. The van der Waals surface area contributed by atoms with Crippen LogP contribution in [0.25, 0.3) is 0 Å². The van der Waals surface area contributed by atoms with Crippen LogP contribution in [0.2, 0.25) is 0 Å². The number of nitrogens with zero attached hydrogens (tertiary/aromatic N) is 2. The summed E-state index contributed by atoms with van der Waals surface area (Å²) in [5.74, 6) is 0. The molecule has 1 rings (SSSR count). The molecule has 0 bridgehead atoms. The minimum atomic E-state index is 0.754. The van der Waals surface area contributed by atoms with Crippen molar-refractivity contribution >= 4 is 5.69 Å². The number of ether oxygens (including phenoxy) is 1. The van der Waals surface area contributed by atoms with Gasteiger partial charge in [-0.2, -0.15) is 0 Å². The average Bonchev–Trinajstić information content (AvgIpc) is 2.42. The minimum Gasteiger partial charge on any atom is -0.383 e. The second-order valence-electron chi connectivity index (χ2n) is 5.51. The van der Waals surface area contributed by atoms with Gasteiger partial charge in [0.2, 0.25) is 0 Å². The van der Waals surface area contributed by atoms with Crippen molar-refractivity contribution in [3.63, 3.8) is 0 Å². The molecule has 0 unspecified atom stereocenters. The lowest BCUT2D eigenvalue weighted by Gasteiger charge is -2.22. The molecule has 0 heterocycles. The van der Waals surface area contributed by atoms with E-state index in [4.69, 9.17) is 4.74 Å². The van der Waals surface area contributed by atoms with Crippen LogP contribution in [0.1, 0.15) is 11.1 Å². The number of hydrogen-bond acceptors (Lipinski definition) is 4. The number of nitrogens with one attached hydrogen (secondary N) is 1. The third-order valence-corrected chi connectivity index (χ3v) is 3.45. The maximum atomic E-state index is 5.03. The second-order valence-corrected chi connectivity index (χ2v) is 5.51. The third kappa shape index (κ3) is 5.90. The molecule has 0 radical (unpaired) electrons. The van der Waals surface area contributed by atoms with Crippen LogP contribution >= 0.6 is 0 Å². The molecule has 1 N–H and O–H groups in total. The average molecular weight is 279 g/mol. The predicted molar refractivity (Wildman–Crippen MR) is 86.6 cm³/mol. The number of methoxy groups -OCH3 is 1. The van der Waals surface area contributed by atoms with Crippen molar-refractivity contribution in [2.75, 3.05) is 59.4 Å². The van der Waals surface area contributed by atoms with Crippen LogP contribution < -0.4 is 10.2 Å². The molecule has 0 aromatic heterocycles. The number of likely N-dealkylation sites (N-methyl/N-ethyl adjacent to an activating group) is 2. The highest BCUT2D eigenvalue weighted by Gasteiger charge is 2.04. The van der Waals surface area contributed by atoms with Crippen LogP contribution in [0.5, 0.6) is 0 Å². The zero-order valence-corrected chi connectivity index (χ0v) is 13.6. The van der Waals surface area contributed by atoms with Gasteiger partial charge in [-0.25, -0.2) is 0 Å². The smallest absolute Gasteiger partial charge is 0.0587 e. The number of benzene rings is 1. The van der Waals surface area contributed by atoms with Crippen molar-refractivity contribution in [2.45, 2.75) is 13.5 Å². The first-order chi connectivity index (χ1) is 9.54. The fraction of sp³-hybridized carbons (Fsp3) is 0.625. The lowest BCUT2D eigenvalue weighted by molar-refractivity contribution is 0.199. The molecule has 4 nitrogen and oxygen atoms in total. The summed E-state index contributed by atoms with van der Waals surface area (Å²) < 4.78 is 5.03. The van der Waals surface area contributed by atoms with Crippen LogP contribution in [0.3, 0.4) is 0 Å². The van der Waals surface area contributed by atoms with E-state index in [0.29, 0.717) is 0 Å². The monoisotopic (exact) mass is 279 g/mol. The van der Waals surface area contributed by atoms with Gasteiger partial charge in [-0.1, -0.05) is 6.07 Å². The molecule has 0 saturated carbocycles. The van der Waals surface area contributed by atoms with Crippen molar-refractivity contribution in [1.82, 2.24) is 10.2 Å². The highest BCUT2D eigenvalue weighted by atomic mass is 16.5. The summed E-state index contributed by atoms with van der Waals surface area (Å²) in [6.45, 7) is 6.83. The lowest BCUT2D eigenvalue weighted by atomic mass is 10.1. The fourth-order valence-corrected chi connectivity index (χ4v) is 1.99. The van der Waals surface area contributed by atoms with Crippen LogP contribution in [-0.2, 0) is 11.3 Å². The van der Waals surface area contributed by atoms with E-state index < -0.39 is 0 Å². The summed E-state index contributed by atoms with van der Waals surface area (Å²) in [6.07, 6.45) is 0. The number of rotatable bonds is 9. The van der Waals surface area contributed by atoms with Crippen LogP contribution in [-0.4, -0.2) is 59.4 Å². The topological polar surface area (TPSA) is 27.7 Å². The molecule has 0 aliphatic carbocycles. The molecule has 0 aliphatic heterocycles. The third-order valence-electron chi connectivity index (χ3n) is 3.45. The Morgan fingerprint density at radius 3 is 2.50 bits per heavy atom. The first-order valence-electron chi connectivity index (χ1n) is 7.19. The molecular weight excluding hydrogens is 250 g/mol. The highest BCUT2D eigenvalue weighted by molar-refractivity contribution is 5.50. The maximum Gasteiger partial charge on any atom is 0.0587 e. The van der Waals surface area contributed by atoms with Crippen LogP contribution in [0.4, 0.5) is 5.69 Å². The van der Waals surface area contributed by atoms with Crippen LogP contribution in [0, 0.1) is 6.92 Å². The molecule has 20 heavy (non-hydrogen) atoms. The van der Waals surface area contributed by atoms with Gasteiger partial charge in [0.05, 0.1) is 6.61 Å². The van der Waals surface area contributed by atoms with Crippen molar-refractivity contribution in [2.24, 2.45) is 0 Å². The van der Waals surface area contributed by atoms with E-state index in [1.165, 1.54) is 16.8 Å². The Labute approximate surface area is 123 Å². The minimum absolute atomic E-state index is 0.754. The van der Waals surface area contributed by atoms with Gasteiger partial charge in [0.25, 0.3) is 0 Å². The molecule has 0 spiro atoms. The van der Waals surface area contributed by atoms with Gasteiger partial charge in [-0.05, 0) is 44.3 Å². The summed E-state index contributed by atoms with van der Waals surface area (Å²) in [5.41, 5.74) is 3.97. The molecule has 0 atom stereocenters. The molecule has 0 fully saturated rings. The molecule has 0 saturated heterocycles. The fourth-order valence-electron chi connectivity index (χ4n) is 1.99. The molecule has 0 amide bonds. The normalized spacial score (nSPS) is 11.1. The molecule has 1 aromatic carbocycles. The first kappa shape index (κ1) is 17.0. The standard InChI is InChI=1S/C16H29N3O/c1-14-12-16(19(4)10-9-18(2)3)7-6-15(14)13-17-8-11-20-5/h6-7,12,17H,8-11,13H2,1-5H3. The van der Waals surface area contributed by atoms with Crippen molar-refractivity contribution in [3.05, 3.63) is 29.3 Å². The van der Waals surface area contributed by atoms with Gasteiger partial charge in [-0.15, -0.1) is 0 Å².